The largest absolute Gasteiger partial charge is 0.573 e. The molecule has 2 nitrogen and oxygen atoms in total. The van der Waals surface area contributed by atoms with Gasteiger partial charge in [0.15, 0.2) is 0 Å². The fraction of sp³-hybridized carbons (Fsp3) is 0.267. The number of halogens is 4. The molecule has 0 unspecified atom stereocenters. The Bertz CT molecular complexity index is 621. The van der Waals surface area contributed by atoms with E-state index in [-0.39, 0.29) is 17.0 Å². The maximum absolute atomic E-state index is 13.9. The lowest BCUT2D eigenvalue weighted by Gasteiger charge is -2.14. The van der Waals surface area contributed by atoms with Crippen LogP contribution in [0.15, 0.2) is 36.5 Å². The van der Waals surface area contributed by atoms with Crippen LogP contribution in [-0.4, -0.2) is 11.3 Å². The summed E-state index contributed by atoms with van der Waals surface area (Å²) < 4.78 is 54.9. The van der Waals surface area contributed by atoms with Gasteiger partial charge in [-0.25, -0.2) is 4.39 Å². The molecule has 0 aliphatic heterocycles. The lowest BCUT2D eigenvalue weighted by molar-refractivity contribution is -0.274. The maximum atomic E-state index is 13.9. The van der Waals surface area contributed by atoms with Crippen LogP contribution in [0.4, 0.5) is 17.6 Å². The third kappa shape index (κ3) is 3.71. The Morgan fingerprint density at radius 3 is 2.33 bits per heavy atom. The van der Waals surface area contributed by atoms with Crippen molar-refractivity contribution in [1.82, 2.24) is 4.98 Å². The lowest BCUT2D eigenvalue weighted by atomic mass is 10.0. The van der Waals surface area contributed by atoms with Crippen molar-refractivity contribution in [2.75, 3.05) is 0 Å². The van der Waals surface area contributed by atoms with Gasteiger partial charge >= 0.3 is 6.36 Å². The van der Waals surface area contributed by atoms with E-state index in [1.807, 2.05) is 13.8 Å². The highest BCUT2D eigenvalue weighted by molar-refractivity contribution is 5.70. The summed E-state index contributed by atoms with van der Waals surface area (Å²) >= 11 is 0. The van der Waals surface area contributed by atoms with E-state index < -0.39 is 17.9 Å². The lowest BCUT2D eigenvalue weighted by Crippen LogP contribution is -2.18. The Morgan fingerprint density at radius 1 is 1.10 bits per heavy atom. The average molecular weight is 299 g/mol. The summed E-state index contributed by atoms with van der Waals surface area (Å²) in [5, 5.41) is 0. The number of hydrogen-bond donors (Lipinski definition) is 0. The number of alkyl halides is 3. The van der Waals surface area contributed by atoms with E-state index in [0.717, 1.165) is 23.9 Å². The first-order chi connectivity index (χ1) is 9.78. The van der Waals surface area contributed by atoms with E-state index in [1.165, 1.54) is 12.3 Å². The van der Waals surface area contributed by atoms with Crippen molar-refractivity contribution in [3.63, 3.8) is 0 Å². The van der Waals surface area contributed by atoms with Gasteiger partial charge in [-0.3, -0.25) is 4.98 Å². The number of ether oxygens (including phenoxy) is 1. The first-order valence-electron chi connectivity index (χ1n) is 6.28. The zero-order valence-corrected chi connectivity index (χ0v) is 11.4. The number of hydrogen-bond acceptors (Lipinski definition) is 2. The fourth-order valence-corrected chi connectivity index (χ4v) is 1.89. The number of pyridine rings is 1. The molecule has 0 fully saturated rings. The Hall–Kier alpha value is -2.11. The van der Waals surface area contributed by atoms with Gasteiger partial charge < -0.3 is 4.74 Å². The van der Waals surface area contributed by atoms with Crippen LogP contribution >= 0.6 is 0 Å². The molecule has 0 bridgehead atoms. The Labute approximate surface area is 119 Å². The highest BCUT2D eigenvalue weighted by atomic mass is 19.4. The zero-order chi connectivity index (χ0) is 15.6. The molecule has 112 valence electrons. The van der Waals surface area contributed by atoms with Crippen molar-refractivity contribution in [3.05, 3.63) is 48.0 Å². The van der Waals surface area contributed by atoms with Gasteiger partial charge in [0.2, 0.25) is 0 Å². The maximum Gasteiger partial charge on any atom is 0.573 e. The van der Waals surface area contributed by atoms with Gasteiger partial charge in [0.25, 0.3) is 0 Å². The predicted octanol–water partition coefficient (Wildman–Crippen LogP) is 4.91. The van der Waals surface area contributed by atoms with Crippen LogP contribution in [0.3, 0.4) is 0 Å². The summed E-state index contributed by atoms with van der Waals surface area (Å²) in [5.41, 5.74) is 0.753. The molecule has 21 heavy (non-hydrogen) atoms. The van der Waals surface area contributed by atoms with Crippen molar-refractivity contribution in [2.45, 2.75) is 26.1 Å². The number of nitrogens with zero attached hydrogens (tertiary/aromatic N) is 1. The Kier molecular flexibility index (Phi) is 4.16. The fourth-order valence-electron chi connectivity index (χ4n) is 1.89. The molecule has 6 heteroatoms. The normalized spacial score (nSPS) is 11.8. The zero-order valence-electron chi connectivity index (χ0n) is 11.4. The molecule has 1 aromatic heterocycles. The molecule has 0 saturated carbocycles. The van der Waals surface area contributed by atoms with E-state index in [1.54, 1.807) is 6.07 Å². The predicted molar refractivity (Wildman–Crippen MR) is 70.4 cm³/mol. The SMILES string of the molecule is CC(C)c1ccc(-c2c(F)cccc2OC(F)(F)F)cn1. The van der Waals surface area contributed by atoms with E-state index in [4.69, 9.17) is 0 Å². The second-order valence-electron chi connectivity index (χ2n) is 4.79. The molecular weight excluding hydrogens is 286 g/mol. The molecule has 0 amide bonds. The van der Waals surface area contributed by atoms with Gasteiger partial charge in [-0.05, 0) is 24.1 Å². The van der Waals surface area contributed by atoms with E-state index in [0.29, 0.717) is 0 Å². The van der Waals surface area contributed by atoms with Crippen LogP contribution in [-0.2, 0) is 0 Å². The minimum atomic E-state index is -4.88. The molecule has 2 aromatic rings. The van der Waals surface area contributed by atoms with Crippen LogP contribution in [0.5, 0.6) is 5.75 Å². The molecule has 0 N–H and O–H groups in total. The van der Waals surface area contributed by atoms with Crippen molar-refractivity contribution in [3.8, 4) is 16.9 Å². The van der Waals surface area contributed by atoms with Gasteiger partial charge in [0, 0.05) is 17.5 Å². The molecule has 0 radical (unpaired) electrons. The minimum Gasteiger partial charge on any atom is -0.405 e. The van der Waals surface area contributed by atoms with Crippen molar-refractivity contribution in [2.24, 2.45) is 0 Å². The highest BCUT2D eigenvalue weighted by Crippen LogP contribution is 2.35. The Balaban J connectivity index is 2.47. The summed E-state index contributed by atoms with van der Waals surface area (Å²) in [6.07, 6.45) is -3.54. The molecule has 0 spiro atoms. The van der Waals surface area contributed by atoms with E-state index in [2.05, 4.69) is 9.72 Å². The van der Waals surface area contributed by atoms with Gasteiger partial charge in [0.1, 0.15) is 11.6 Å². The summed E-state index contributed by atoms with van der Waals surface area (Å²) in [7, 11) is 0. The second-order valence-corrected chi connectivity index (χ2v) is 4.79. The van der Waals surface area contributed by atoms with Crippen molar-refractivity contribution < 1.29 is 22.3 Å². The topological polar surface area (TPSA) is 22.1 Å². The van der Waals surface area contributed by atoms with E-state index >= 15 is 0 Å². The quantitative estimate of drug-likeness (QED) is 0.751. The van der Waals surface area contributed by atoms with E-state index in [9.17, 15) is 17.6 Å². The third-order valence-electron chi connectivity index (χ3n) is 2.87. The summed E-state index contributed by atoms with van der Waals surface area (Å²) in [4.78, 5) is 4.13. The second kappa shape index (κ2) is 5.71. The van der Waals surface area contributed by atoms with Crippen molar-refractivity contribution >= 4 is 0 Å². The summed E-state index contributed by atoms with van der Waals surface area (Å²) in [6.45, 7) is 3.87. The van der Waals surface area contributed by atoms with Gasteiger partial charge in [0.05, 0.1) is 5.56 Å². The molecule has 1 heterocycles. The monoisotopic (exact) mass is 299 g/mol. The number of benzene rings is 1. The summed E-state index contributed by atoms with van der Waals surface area (Å²) in [5.74, 6) is -1.21. The van der Waals surface area contributed by atoms with Crippen LogP contribution in [0.1, 0.15) is 25.5 Å². The Morgan fingerprint density at radius 2 is 1.81 bits per heavy atom. The molecule has 0 aliphatic rings. The minimum absolute atomic E-state index is 0.172. The first kappa shape index (κ1) is 15.3. The molecule has 0 saturated heterocycles. The van der Waals surface area contributed by atoms with Crippen LogP contribution in [0.25, 0.3) is 11.1 Å². The van der Waals surface area contributed by atoms with Gasteiger partial charge in [-0.15, -0.1) is 13.2 Å². The van der Waals surface area contributed by atoms with Gasteiger partial charge in [-0.1, -0.05) is 26.0 Å². The number of rotatable bonds is 3. The molecule has 0 aliphatic carbocycles. The van der Waals surface area contributed by atoms with Crippen LogP contribution in [0.2, 0.25) is 0 Å². The smallest absolute Gasteiger partial charge is 0.405 e. The first-order valence-corrected chi connectivity index (χ1v) is 6.28. The molecule has 0 atom stereocenters. The highest BCUT2D eigenvalue weighted by Gasteiger charge is 2.32. The van der Waals surface area contributed by atoms with Gasteiger partial charge in [-0.2, -0.15) is 0 Å². The molecular formula is C15H13F4NO. The van der Waals surface area contributed by atoms with Crippen molar-refractivity contribution in [1.29, 1.82) is 0 Å². The molecule has 1 aromatic carbocycles. The number of aromatic nitrogens is 1. The van der Waals surface area contributed by atoms with Crippen LogP contribution in [0, 0.1) is 5.82 Å². The van der Waals surface area contributed by atoms with Crippen LogP contribution < -0.4 is 4.74 Å². The summed E-state index contributed by atoms with van der Waals surface area (Å²) in [6, 6.07) is 6.50. The third-order valence-corrected chi connectivity index (χ3v) is 2.87. The molecule has 2 rings (SSSR count). The average Bonchev–Trinajstić information content (AvgIpc) is 2.37. The standard InChI is InChI=1S/C15H13F4NO/c1-9(2)12-7-6-10(8-20-12)14-11(16)4-3-5-13(14)21-15(17,18)19/h3-9H,1-2H3.